The fourth-order valence-electron chi connectivity index (χ4n) is 2.41. The van der Waals surface area contributed by atoms with E-state index in [1.54, 1.807) is 12.1 Å². The van der Waals surface area contributed by atoms with Gasteiger partial charge in [0.1, 0.15) is 0 Å². The van der Waals surface area contributed by atoms with E-state index in [2.05, 4.69) is 10.6 Å². The van der Waals surface area contributed by atoms with E-state index >= 15 is 0 Å². The summed E-state index contributed by atoms with van der Waals surface area (Å²) in [7, 11) is 3.98. The Bertz CT molecular complexity index is 697. The normalized spacial score (nSPS) is 11.5. The van der Waals surface area contributed by atoms with Crippen LogP contribution in [0.4, 0.5) is 5.69 Å². The standard InChI is InChI=1S/C20H25N3O2/c1-15(22-20(25)17-7-5-4-6-8-17)13-19(24)21-14-16-9-11-18(12-10-16)23(2)3/h4-12,15H,13-14H2,1-3H3,(H,21,24)(H,22,25)/t15-/m0/s1. The van der Waals surface area contributed by atoms with E-state index in [1.165, 1.54) is 0 Å². The van der Waals surface area contributed by atoms with Crippen molar-refractivity contribution in [2.45, 2.75) is 25.9 Å². The SMILES string of the molecule is C[C@@H](CC(=O)NCc1ccc(N(C)C)cc1)NC(=O)c1ccccc1. The Morgan fingerprint density at radius 1 is 1.00 bits per heavy atom. The van der Waals surface area contributed by atoms with E-state index < -0.39 is 0 Å². The summed E-state index contributed by atoms with van der Waals surface area (Å²) < 4.78 is 0. The molecule has 1 atom stereocenters. The summed E-state index contributed by atoms with van der Waals surface area (Å²) in [6.07, 6.45) is 0.244. The summed E-state index contributed by atoms with van der Waals surface area (Å²) in [4.78, 5) is 26.1. The van der Waals surface area contributed by atoms with Crippen molar-refractivity contribution in [3.05, 3.63) is 65.7 Å². The molecule has 2 amide bonds. The maximum Gasteiger partial charge on any atom is 0.251 e. The second-order valence-electron chi connectivity index (χ2n) is 6.28. The third-order valence-corrected chi connectivity index (χ3v) is 3.85. The molecule has 0 aliphatic carbocycles. The summed E-state index contributed by atoms with van der Waals surface area (Å²) in [6, 6.07) is 16.8. The fraction of sp³-hybridized carbons (Fsp3) is 0.300. The van der Waals surface area contributed by atoms with Gasteiger partial charge in [0.2, 0.25) is 5.91 Å². The van der Waals surface area contributed by atoms with Crippen molar-refractivity contribution < 1.29 is 9.59 Å². The average molecular weight is 339 g/mol. The highest BCUT2D eigenvalue weighted by Gasteiger charge is 2.13. The predicted octanol–water partition coefficient (Wildman–Crippen LogP) is 2.58. The van der Waals surface area contributed by atoms with Crippen LogP contribution in [0.3, 0.4) is 0 Å². The zero-order valence-electron chi connectivity index (χ0n) is 15.0. The third-order valence-electron chi connectivity index (χ3n) is 3.85. The fourth-order valence-corrected chi connectivity index (χ4v) is 2.41. The lowest BCUT2D eigenvalue weighted by Crippen LogP contribution is -2.37. The first-order chi connectivity index (χ1) is 12.0. The highest BCUT2D eigenvalue weighted by Crippen LogP contribution is 2.12. The van der Waals surface area contributed by atoms with Crippen LogP contribution in [-0.2, 0) is 11.3 Å². The van der Waals surface area contributed by atoms with Crippen molar-refractivity contribution in [3.8, 4) is 0 Å². The molecule has 0 heterocycles. The Balaban J connectivity index is 1.76. The molecular weight excluding hydrogens is 314 g/mol. The number of nitrogens with zero attached hydrogens (tertiary/aromatic N) is 1. The van der Waals surface area contributed by atoms with Crippen molar-refractivity contribution in [2.24, 2.45) is 0 Å². The van der Waals surface area contributed by atoms with Gasteiger partial charge in [0.25, 0.3) is 5.91 Å². The van der Waals surface area contributed by atoms with Gasteiger partial charge in [-0.1, -0.05) is 30.3 Å². The highest BCUT2D eigenvalue weighted by molar-refractivity contribution is 5.94. The minimum atomic E-state index is -0.233. The molecule has 0 aliphatic rings. The Hall–Kier alpha value is -2.82. The molecular formula is C20H25N3O2. The molecule has 0 fully saturated rings. The van der Waals surface area contributed by atoms with Crippen LogP contribution in [0.15, 0.2) is 54.6 Å². The number of rotatable bonds is 7. The molecule has 2 aromatic carbocycles. The van der Waals surface area contributed by atoms with Gasteiger partial charge in [-0.3, -0.25) is 9.59 Å². The van der Waals surface area contributed by atoms with Gasteiger partial charge in [-0.15, -0.1) is 0 Å². The van der Waals surface area contributed by atoms with Crippen molar-refractivity contribution >= 4 is 17.5 Å². The molecule has 2 rings (SSSR count). The minimum Gasteiger partial charge on any atom is -0.378 e. The lowest BCUT2D eigenvalue weighted by Gasteiger charge is -2.15. The van der Waals surface area contributed by atoms with Gasteiger partial charge >= 0.3 is 0 Å². The van der Waals surface area contributed by atoms with Gasteiger partial charge in [-0.2, -0.15) is 0 Å². The third kappa shape index (κ3) is 5.95. The van der Waals surface area contributed by atoms with Crippen LogP contribution in [0, 0.1) is 0 Å². The van der Waals surface area contributed by atoms with Crippen LogP contribution in [-0.4, -0.2) is 32.0 Å². The molecule has 0 saturated heterocycles. The molecule has 0 radical (unpaired) electrons. The number of hydrogen-bond donors (Lipinski definition) is 2. The summed E-state index contributed by atoms with van der Waals surface area (Å²) in [5.41, 5.74) is 2.75. The molecule has 0 aromatic heterocycles. The second-order valence-corrected chi connectivity index (χ2v) is 6.28. The monoisotopic (exact) mass is 339 g/mol. The molecule has 0 bridgehead atoms. The number of anilines is 1. The topological polar surface area (TPSA) is 61.4 Å². The number of nitrogens with one attached hydrogen (secondary N) is 2. The highest BCUT2D eigenvalue weighted by atomic mass is 16.2. The molecule has 25 heavy (non-hydrogen) atoms. The average Bonchev–Trinajstić information content (AvgIpc) is 2.61. The molecule has 0 unspecified atom stereocenters. The van der Waals surface area contributed by atoms with Crippen molar-refractivity contribution in [1.29, 1.82) is 0 Å². The number of carbonyl (C=O) groups is 2. The van der Waals surface area contributed by atoms with Crippen LogP contribution in [0.25, 0.3) is 0 Å². The summed E-state index contributed by atoms with van der Waals surface area (Å²) >= 11 is 0. The molecule has 5 heteroatoms. The van der Waals surface area contributed by atoms with Crippen LogP contribution < -0.4 is 15.5 Å². The van der Waals surface area contributed by atoms with E-state index in [-0.39, 0.29) is 24.3 Å². The largest absolute Gasteiger partial charge is 0.378 e. The maximum atomic E-state index is 12.1. The van der Waals surface area contributed by atoms with Gasteiger partial charge in [0.15, 0.2) is 0 Å². The van der Waals surface area contributed by atoms with Gasteiger partial charge in [0.05, 0.1) is 0 Å². The van der Waals surface area contributed by atoms with Crippen LogP contribution in [0.5, 0.6) is 0 Å². The van der Waals surface area contributed by atoms with E-state index in [9.17, 15) is 9.59 Å². The van der Waals surface area contributed by atoms with E-state index in [4.69, 9.17) is 0 Å². The van der Waals surface area contributed by atoms with Crippen LogP contribution in [0.2, 0.25) is 0 Å². The number of amides is 2. The summed E-state index contributed by atoms with van der Waals surface area (Å²) in [5.74, 6) is -0.252. The van der Waals surface area contributed by atoms with Crippen LogP contribution in [0.1, 0.15) is 29.3 Å². The van der Waals surface area contributed by atoms with Gasteiger partial charge in [-0.25, -0.2) is 0 Å². The van der Waals surface area contributed by atoms with E-state index in [1.807, 2.05) is 68.4 Å². The van der Waals surface area contributed by atoms with Gasteiger partial charge < -0.3 is 15.5 Å². The second kappa shape index (κ2) is 8.87. The van der Waals surface area contributed by atoms with E-state index in [0.29, 0.717) is 12.1 Å². The van der Waals surface area contributed by atoms with Crippen molar-refractivity contribution in [2.75, 3.05) is 19.0 Å². The predicted molar refractivity (Wildman–Crippen MR) is 101 cm³/mol. The lowest BCUT2D eigenvalue weighted by molar-refractivity contribution is -0.121. The number of hydrogen-bond acceptors (Lipinski definition) is 3. The maximum absolute atomic E-state index is 12.1. The molecule has 2 aromatic rings. The molecule has 2 N–H and O–H groups in total. The lowest BCUT2D eigenvalue weighted by atomic mass is 10.1. The summed E-state index contributed by atoms with van der Waals surface area (Å²) in [6.45, 7) is 2.30. The first kappa shape index (κ1) is 18.5. The molecule has 0 spiro atoms. The van der Waals surface area contributed by atoms with Gasteiger partial charge in [-0.05, 0) is 36.8 Å². The molecule has 0 saturated carbocycles. The Morgan fingerprint density at radius 3 is 2.24 bits per heavy atom. The smallest absolute Gasteiger partial charge is 0.251 e. The van der Waals surface area contributed by atoms with E-state index in [0.717, 1.165) is 11.3 Å². The zero-order valence-corrected chi connectivity index (χ0v) is 15.0. The molecule has 5 nitrogen and oxygen atoms in total. The van der Waals surface area contributed by atoms with Crippen molar-refractivity contribution in [3.63, 3.8) is 0 Å². The van der Waals surface area contributed by atoms with Gasteiger partial charge in [0, 0.05) is 44.4 Å². The molecule has 132 valence electrons. The number of carbonyl (C=O) groups excluding carboxylic acids is 2. The first-order valence-electron chi connectivity index (χ1n) is 8.34. The zero-order chi connectivity index (χ0) is 18.2. The molecule has 0 aliphatic heterocycles. The Labute approximate surface area is 149 Å². The Morgan fingerprint density at radius 2 is 1.64 bits per heavy atom. The minimum absolute atomic E-state index is 0.0856. The number of benzene rings is 2. The first-order valence-corrected chi connectivity index (χ1v) is 8.34. The van der Waals surface area contributed by atoms with Crippen LogP contribution >= 0.6 is 0 Å². The summed E-state index contributed by atoms with van der Waals surface area (Å²) in [5, 5.41) is 5.73. The quantitative estimate of drug-likeness (QED) is 0.815. The Kier molecular flexibility index (Phi) is 6.57. The van der Waals surface area contributed by atoms with Crippen molar-refractivity contribution in [1.82, 2.24) is 10.6 Å².